The van der Waals surface area contributed by atoms with E-state index in [-0.39, 0.29) is 11.9 Å². The van der Waals surface area contributed by atoms with E-state index >= 15 is 0 Å². The van der Waals surface area contributed by atoms with Crippen LogP contribution in [0.5, 0.6) is 0 Å². The first-order chi connectivity index (χ1) is 14.6. The zero-order valence-electron chi connectivity index (χ0n) is 16.7. The van der Waals surface area contributed by atoms with Crippen LogP contribution >= 0.6 is 11.6 Å². The zero-order valence-corrected chi connectivity index (χ0v) is 17.4. The van der Waals surface area contributed by atoms with Crippen LogP contribution in [0.15, 0.2) is 43.1 Å². The molecule has 2 fully saturated rings. The summed E-state index contributed by atoms with van der Waals surface area (Å²) < 4.78 is 5.41. The molecule has 30 heavy (non-hydrogen) atoms. The molecular weight excluding hydrogens is 404 g/mol. The number of nitrogens with zero attached hydrogens (tertiary/aromatic N) is 4. The number of carbonyl (C=O) groups excluding carboxylic acids is 1. The van der Waals surface area contributed by atoms with E-state index in [1.54, 1.807) is 6.20 Å². The quantitative estimate of drug-likeness (QED) is 0.684. The van der Waals surface area contributed by atoms with Crippen LogP contribution in [0, 0.1) is 0 Å². The van der Waals surface area contributed by atoms with Crippen LogP contribution in [0.25, 0.3) is 0 Å². The number of hydrogen-bond acceptors (Lipinski definition) is 7. The number of morpholine rings is 1. The second-order valence-electron chi connectivity index (χ2n) is 7.28. The number of aromatic nitrogens is 2. The SMILES string of the molecule is C=CC(=O)N[C@@H]1CCN(c2nc(Nc3ccc(N4CCOCC4)cc3)ncc2Cl)C1. The first kappa shape index (κ1) is 20.4. The first-order valence-corrected chi connectivity index (χ1v) is 10.4. The molecule has 9 heteroatoms. The molecular formula is C21H25ClN6O2. The van der Waals surface area contributed by atoms with E-state index in [0.717, 1.165) is 45.0 Å². The number of ether oxygens (including phenoxy) is 1. The summed E-state index contributed by atoms with van der Waals surface area (Å²) in [5.41, 5.74) is 2.07. The molecule has 1 atom stereocenters. The van der Waals surface area contributed by atoms with Crippen molar-refractivity contribution in [2.45, 2.75) is 12.5 Å². The van der Waals surface area contributed by atoms with Gasteiger partial charge in [-0.1, -0.05) is 18.2 Å². The van der Waals surface area contributed by atoms with Crippen LogP contribution in [0.4, 0.5) is 23.1 Å². The maximum atomic E-state index is 11.5. The van der Waals surface area contributed by atoms with Gasteiger partial charge in [-0.3, -0.25) is 4.79 Å². The van der Waals surface area contributed by atoms with Gasteiger partial charge in [-0.2, -0.15) is 4.98 Å². The fourth-order valence-corrected chi connectivity index (χ4v) is 3.89. The van der Waals surface area contributed by atoms with E-state index in [0.29, 0.717) is 23.3 Å². The predicted molar refractivity (Wildman–Crippen MR) is 119 cm³/mol. The lowest BCUT2D eigenvalue weighted by molar-refractivity contribution is -0.117. The van der Waals surface area contributed by atoms with Crippen LogP contribution in [0.3, 0.4) is 0 Å². The van der Waals surface area contributed by atoms with Gasteiger partial charge in [-0.05, 0) is 36.8 Å². The van der Waals surface area contributed by atoms with Gasteiger partial charge in [-0.15, -0.1) is 0 Å². The number of benzene rings is 1. The minimum absolute atomic E-state index is 0.0469. The molecule has 0 unspecified atom stereocenters. The Hall–Kier alpha value is -2.84. The lowest BCUT2D eigenvalue weighted by Crippen LogP contribution is -2.36. The summed E-state index contributed by atoms with van der Waals surface area (Å²) in [6, 6.07) is 8.24. The van der Waals surface area contributed by atoms with Crippen molar-refractivity contribution in [3.05, 3.63) is 48.1 Å². The molecule has 0 radical (unpaired) electrons. The van der Waals surface area contributed by atoms with E-state index in [4.69, 9.17) is 16.3 Å². The number of halogens is 1. The normalized spacial score (nSPS) is 18.9. The maximum absolute atomic E-state index is 11.5. The predicted octanol–water partition coefficient (Wildman–Crippen LogP) is 2.59. The number of nitrogens with one attached hydrogen (secondary N) is 2. The molecule has 1 amide bonds. The van der Waals surface area contributed by atoms with Gasteiger partial charge in [-0.25, -0.2) is 4.98 Å². The summed E-state index contributed by atoms with van der Waals surface area (Å²) in [7, 11) is 0. The molecule has 2 aliphatic rings. The van der Waals surface area contributed by atoms with Gasteiger partial charge in [0.05, 0.1) is 19.4 Å². The Bertz CT molecular complexity index is 901. The average Bonchev–Trinajstić information content (AvgIpc) is 3.24. The summed E-state index contributed by atoms with van der Waals surface area (Å²) in [5, 5.41) is 6.65. The molecule has 0 saturated carbocycles. The Morgan fingerprint density at radius 3 is 2.70 bits per heavy atom. The lowest BCUT2D eigenvalue weighted by atomic mass is 10.2. The third-order valence-corrected chi connectivity index (χ3v) is 5.51. The second kappa shape index (κ2) is 9.32. The smallest absolute Gasteiger partial charge is 0.243 e. The highest BCUT2D eigenvalue weighted by Gasteiger charge is 2.26. The molecule has 3 heterocycles. The Kier molecular flexibility index (Phi) is 6.35. The molecule has 1 aromatic heterocycles. The third-order valence-electron chi connectivity index (χ3n) is 5.24. The van der Waals surface area contributed by atoms with Crippen LogP contribution in [0.1, 0.15) is 6.42 Å². The van der Waals surface area contributed by atoms with Gasteiger partial charge in [0.2, 0.25) is 11.9 Å². The summed E-state index contributed by atoms with van der Waals surface area (Å²) in [4.78, 5) is 24.8. The number of rotatable bonds is 6. The number of carbonyl (C=O) groups is 1. The van der Waals surface area contributed by atoms with Gasteiger partial charge in [0.25, 0.3) is 0 Å². The number of anilines is 4. The molecule has 2 N–H and O–H groups in total. The van der Waals surface area contributed by atoms with Crippen molar-refractivity contribution in [1.82, 2.24) is 15.3 Å². The summed E-state index contributed by atoms with van der Waals surface area (Å²) in [6.45, 7) is 8.22. The fraction of sp³-hybridized carbons (Fsp3) is 0.381. The summed E-state index contributed by atoms with van der Waals surface area (Å²) >= 11 is 6.35. The molecule has 0 spiro atoms. The van der Waals surface area contributed by atoms with E-state index in [1.165, 1.54) is 11.8 Å². The molecule has 2 aliphatic heterocycles. The topological polar surface area (TPSA) is 82.6 Å². The third kappa shape index (κ3) is 4.83. The minimum Gasteiger partial charge on any atom is -0.378 e. The Labute approximate surface area is 180 Å². The zero-order chi connectivity index (χ0) is 20.9. The van der Waals surface area contributed by atoms with Gasteiger partial charge in [0.15, 0.2) is 5.82 Å². The van der Waals surface area contributed by atoms with Crippen LogP contribution in [0.2, 0.25) is 5.02 Å². The van der Waals surface area contributed by atoms with Crippen molar-refractivity contribution in [1.29, 1.82) is 0 Å². The van der Waals surface area contributed by atoms with Crippen LogP contribution < -0.4 is 20.4 Å². The van der Waals surface area contributed by atoms with Crippen molar-refractivity contribution in [3.63, 3.8) is 0 Å². The molecule has 0 aliphatic carbocycles. The fourth-order valence-electron chi connectivity index (χ4n) is 3.68. The summed E-state index contributed by atoms with van der Waals surface area (Å²) in [5.74, 6) is 0.972. The van der Waals surface area contributed by atoms with Crippen LogP contribution in [-0.2, 0) is 9.53 Å². The number of amides is 1. The van der Waals surface area contributed by atoms with Crippen molar-refractivity contribution in [3.8, 4) is 0 Å². The van der Waals surface area contributed by atoms with Gasteiger partial charge < -0.3 is 25.2 Å². The van der Waals surface area contributed by atoms with Crippen LogP contribution in [-0.4, -0.2) is 61.3 Å². The Balaban J connectivity index is 1.42. The monoisotopic (exact) mass is 428 g/mol. The minimum atomic E-state index is -0.168. The van der Waals surface area contributed by atoms with E-state index in [1.807, 2.05) is 12.1 Å². The van der Waals surface area contributed by atoms with E-state index in [9.17, 15) is 4.79 Å². The second-order valence-corrected chi connectivity index (χ2v) is 7.69. The van der Waals surface area contributed by atoms with E-state index < -0.39 is 0 Å². The molecule has 8 nitrogen and oxygen atoms in total. The average molecular weight is 429 g/mol. The summed E-state index contributed by atoms with van der Waals surface area (Å²) in [6.07, 6.45) is 3.71. The Morgan fingerprint density at radius 1 is 1.20 bits per heavy atom. The highest BCUT2D eigenvalue weighted by molar-refractivity contribution is 6.32. The molecule has 4 rings (SSSR count). The lowest BCUT2D eigenvalue weighted by Gasteiger charge is -2.28. The maximum Gasteiger partial charge on any atom is 0.243 e. The molecule has 0 bridgehead atoms. The van der Waals surface area contributed by atoms with Crippen molar-refractivity contribution in [2.24, 2.45) is 0 Å². The van der Waals surface area contributed by atoms with Gasteiger partial charge >= 0.3 is 0 Å². The largest absolute Gasteiger partial charge is 0.378 e. The van der Waals surface area contributed by atoms with E-state index in [2.05, 4.69) is 49.1 Å². The molecule has 1 aromatic carbocycles. The molecule has 158 valence electrons. The van der Waals surface area contributed by atoms with Crippen molar-refractivity contribution < 1.29 is 9.53 Å². The van der Waals surface area contributed by atoms with Gasteiger partial charge in [0, 0.05) is 43.6 Å². The highest BCUT2D eigenvalue weighted by Crippen LogP contribution is 2.28. The highest BCUT2D eigenvalue weighted by atomic mass is 35.5. The molecule has 2 saturated heterocycles. The van der Waals surface area contributed by atoms with Gasteiger partial charge in [0.1, 0.15) is 5.02 Å². The first-order valence-electron chi connectivity index (χ1n) is 10.0. The van der Waals surface area contributed by atoms with Crippen molar-refractivity contribution in [2.75, 3.05) is 54.5 Å². The van der Waals surface area contributed by atoms with Crippen molar-refractivity contribution >= 4 is 40.6 Å². The molecule has 2 aromatic rings. The standard InChI is InChI=1S/C21H25ClN6O2/c1-2-19(29)24-16-7-8-28(14-16)20-18(22)13-23-21(26-20)25-15-3-5-17(6-4-15)27-9-11-30-12-10-27/h2-6,13,16H,1,7-12,14H2,(H,24,29)(H,23,25,26)/t16-/m1/s1. The number of hydrogen-bond donors (Lipinski definition) is 2. The Morgan fingerprint density at radius 2 is 1.97 bits per heavy atom.